The fourth-order valence-electron chi connectivity index (χ4n) is 4.20. The Morgan fingerprint density at radius 2 is 1.74 bits per heavy atom. The van der Waals surface area contributed by atoms with Crippen LogP contribution in [0.15, 0.2) is 47.5 Å². The number of aromatic nitrogens is 1. The average Bonchev–Trinajstić information content (AvgIpc) is 3.49. The molecule has 0 spiro atoms. The van der Waals surface area contributed by atoms with Gasteiger partial charge in [-0.3, -0.25) is 4.79 Å². The zero-order valence-electron chi connectivity index (χ0n) is 20.4. The predicted octanol–water partition coefficient (Wildman–Crippen LogP) is 5.21. The topological polar surface area (TPSA) is 78.9 Å². The number of rotatable bonds is 9. The molecule has 8 heteroatoms. The van der Waals surface area contributed by atoms with Crippen LogP contribution < -0.4 is 24.3 Å². The number of nitrogens with zero attached hydrogens (tertiary/aromatic N) is 1. The molecule has 0 aliphatic heterocycles. The summed E-state index contributed by atoms with van der Waals surface area (Å²) in [5.74, 6) is 2.38. The highest BCUT2D eigenvalue weighted by Crippen LogP contribution is 2.46. The fraction of sp³-hybridized carbons (Fsp3) is 0.259. The molecule has 182 valence electrons. The van der Waals surface area contributed by atoms with E-state index in [9.17, 15) is 4.79 Å². The van der Waals surface area contributed by atoms with Crippen molar-refractivity contribution in [3.63, 3.8) is 0 Å². The first kappa shape index (κ1) is 24.3. The molecule has 1 amide bonds. The minimum Gasteiger partial charge on any atom is -0.497 e. The third-order valence-electron chi connectivity index (χ3n) is 5.95. The van der Waals surface area contributed by atoms with Gasteiger partial charge < -0.3 is 24.3 Å². The lowest BCUT2D eigenvalue weighted by Gasteiger charge is -2.13. The highest BCUT2D eigenvalue weighted by molar-refractivity contribution is 7.09. The van der Waals surface area contributed by atoms with Crippen molar-refractivity contribution in [2.24, 2.45) is 0 Å². The number of benzene rings is 2. The number of hydrogen-bond acceptors (Lipinski definition) is 7. The SMILES string of the molecule is COc1ccc2c(c1)C(CC(=O)NCc1nccs1)=C(C)/C2=C/c1cc(OC)c(OC)c(OC)c1. The molecule has 0 atom stereocenters. The third-order valence-corrected chi connectivity index (χ3v) is 6.73. The van der Waals surface area contributed by atoms with Crippen LogP contribution in [0.2, 0.25) is 0 Å². The molecule has 0 saturated carbocycles. The summed E-state index contributed by atoms with van der Waals surface area (Å²) < 4.78 is 22.0. The van der Waals surface area contributed by atoms with E-state index in [4.69, 9.17) is 18.9 Å². The lowest BCUT2D eigenvalue weighted by atomic mass is 10.00. The molecule has 4 rings (SSSR count). The number of amides is 1. The van der Waals surface area contributed by atoms with Gasteiger partial charge in [0.05, 0.1) is 41.4 Å². The second-order valence-electron chi connectivity index (χ2n) is 7.91. The van der Waals surface area contributed by atoms with Crippen LogP contribution in [0.25, 0.3) is 17.2 Å². The zero-order chi connectivity index (χ0) is 24.9. The molecule has 1 N–H and O–H groups in total. The lowest BCUT2D eigenvalue weighted by Crippen LogP contribution is -2.22. The van der Waals surface area contributed by atoms with Crippen molar-refractivity contribution in [2.75, 3.05) is 28.4 Å². The molecule has 0 bridgehead atoms. The molecule has 2 aromatic carbocycles. The average molecular weight is 493 g/mol. The van der Waals surface area contributed by atoms with Gasteiger partial charge in [0.15, 0.2) is 11.5 Å². The van der Waals surface area contributed by atoms with Gasteiger partial charge in [0.1, 0.15) is 10.8 Å². The second-order valence-corrected chi connectivity index (χ2v) is 8.89. The minimum atomic E-state index is -0.0580. The van der Waals surface area contributed by atoms with Crippen LogP contribution in [0.3, 0.4) is 0 Å². The standard InChI is InChI=1S/C27H28N2O5S/c1-16-20(10-17-11-23(32-3)27(34-5)24(12-17)33-4)19-7-6-18(31-2)13-22(19)21(16)14-25(30)29-15-26-28-8-9-35-26/h6-13H,14-15H2,1-5H3,(H,29,30)/b20-10-. The molecule has 1 aliphatic carbocycles. The number of thiazole rings is 1. The monoisotopic (exact) mass is 492 g/mol. The molecule has 3 aromatic rings. The number of methoxy groups -OCH3 is 4. The number of nitrogens with one attached hydrogen (secondary N) is 1. The summed E-state index contributed by atoms with van der Waals surface area (Å²) in [4.78, 5) is 17.1. The van der Waals surface area contributed by atoms with Gasteiger partial charge in [-0.2, -0.15) is 0 Å². The maximum Gasteiger partial charge on any atom is 0.224 e. The smallest absolute Gasteiger partial charge is 0.224 e. The first-order valence-electron chi connectivity index (χ1n) is 11.0. The van der Waals surface area contributed by atoms with Crippen molar-refractivity contribution >= 4 is 34.5 Å². The summed E-state index contributed by atoms with van der Waals surface area (Å²) in [7, 11) is 6.41. The van der Waals surface area contributed by atoms with E-state index in [-0.39, 0.29) is 12.3 Å². The van der Waals surface area contributed by atoms with Crippen LogP contribution in [0.5, 0.6) is 23.0 Å². The number of hydrogen-bond donors (Lipinski definition) is 1. The Balaban J connectivity index is 1.73. The minimum absolute atomic E-state index is 0.0580. The van der Waals surface area contributed by atoms with Crippen LogP contribution in [0.1, 0.15) is 35.0 Å². The van der Waals surface area contributed by atoms with E-state index < -0.39 is 0 Å². The number of carbonyl (C=O) groups excluding carboxylic acids is 1. The van der Waals surface area contributed by atoms with E-state index in [1.54, 1.807) is 34.6 Å². The molecule has 1 aromatic heterocycles. The molecule has 0 saturated heterocycles. The van der Waals surface area contributed by atoms with E-state index in [1.807, 2.05) is 42.6 Å². The van der Waals surface area contributed by atoms with Gasteiger partial charge in [-0.25, -0.2) is 4.98 Å². The van der Waals surface area contributed by atoms with Gasteiger partial charge in [-0.1, -0.05) is 6.07 Å². The second kappa shape index (κ2) is 10.7. The molecular formula is C27H28N2O5S. The summed E-state index contributed by atoms with van der Waals surface area (Å²) in [6, 6.07) is 9.76. The van der Waals surface area contributed by atoms with Crippen molar-refractivity contribution in [3.8, 4) is 23.0 Å². The van der Waals surface area contributed by atoms with Crippen LogP contribution >= 0.6 is 11.3 Å². The summed E-state index contributed by atoms with van der Waals surface area (Å²) in [6.07, 6.45) is 4.06. The van der Waals surface area contributed by atoms with E-state index in [1.165, 1.54) is 11.3 Å². The maximum atomic E-state index is 12.8. The molecule has 35 heavy (non-hydrogen) atoms. The van der Waals surface area contributed by atoms with E-state index >= 15 is 0 Å². The Bertz CT molecular complexity index is 1270. The highest BCUT2D eigenvalue weighted by Gasteiger charge is 2.26. The molecule has 0 radical (unpaired) electrons. The molecule has 7 nitrogen and oxygen atoms in total. The van der Waals surface area contributed by atoms with Crippen molar-refractivity contribution in [1.82, 2.24) is 10.3 Å². The van der Waals surface area contributed by atoms with E-state index in [0.29, 0.717) is 23.8 Å². The lowest BCUT2D eigenvalue weighted by molar-refractivity contribution is -0.120. The molecular weight excluding hydrogens is 464 g/mol. The highest BCUT2D eigenvalue weighted by atomic mass is 32.1. The van der Waals surface area contributed by atoms with Crippen molar-refractivity contribution in [1.29, 1.82) is 0 Å². The Kier molecular flexibility index (Phi) is 7.41. The largest absolute Gasteiger partial charge is 0.497 e. The molecule has 0 unspecified atom stereocenters. The van der Waals surface area contributed by atoms with Gasteiger partial charge in [0.25, 0.3) is 0 Å². The summed E-state index contributed by atoms with van der Waals surface area (Å²) in [6.45, 7) is 2.46. The quantitative estimate of drug-likeness (QED) is 0.442. The maximum absolute atomic E-state index is 12.8. The molecule has 1 heterocycles. The van der Waals surface area contributed by atoms with Gasteiger partial charge in [-0.05, 0) is 70.7 Å². The van der Waals surface area contributed by atoms with Crippen LogP contribution in [0, 0.1) is 0 Å². The molecule has 1 aliphatic rings. The van der Waals surface area contributed by atoms with Crippen LogP contribution in [-0.4, -0.2) is 39.3 Å². The zero-order valence-corrected chi connectivity index (χ0v) is 21.2. The van der Waals surface area contributed by atoms with E-state index in [0.717, 1.165) is 44.2 Å². The van der Waals surface area contributed by atoms with E-state index in [2.05, 4.69) is 16.4 Å². The summed E-state index contributed by atoms with van der Waals surface area (Å²) >= 11 is 1.52. The Labute approximate surface area is 209 Å². The van der Waals surface area contributed by atoms with Gasteiger partial charge in [0.2, 0.25) is 11.7 Å². The van der Waals surface area contributed by atoms with Gasteiger partial charge in [0, 0.05) is 11.6 Å². The Morgan fingerprint density at radius 1 is 1.00 bits per heavy atom. The Hall–Kier alpha value is -3.78. The van der Waals surface area contributed by atoms with Crippen molar-refractivity contribution < 1.29 is 23.7 Å². The first-order chi connectivity index (χ1) is 17.0. The number of fused-ring (bicyclic) bond motifs is 1. The molecule has 0 fully saturated rings. The van der Waals surface area contributed by atoms with Gasteiger partial charge >= 0.3 is 0 Å². The van der Waals surface area contributed by atoms with Gasteiger partial charge in [-0.15, -0.1) is 11.3 Å². The predicted molar refractivity (Wildman–Crippen MR) is 138 cm³/mol. The van der Waals surface area contributed by atoms with Crippen molar-refractivity contribution in [3.05, 3.63) is 69.2 Å². The first-order valence-corrected chi connectivity index (χ1v) is 11.9. The van der Waals surface area contributed by atoms with Crippen LogP contribution in [0.4, 0.5) is 0 Å². The van der Waals surface area contributed by atoms with Crippen molar-refractivity contribution in [2.45, 2.75) is 19.9 Å². The Morgan fingerprint density at radius 3 is 2.34 bits per heavy atom. The normalized spacial score (nSPS) is 13.6. The summed E-state index contributed by atoms with van der Waals surface area (Å²) in [5.41, 5.74) is 5.95. The number of allylic oxidation sites excluding steroid dienone is 2. The fourth-order valence-corrected chi connectivity index (χ4v) is 4.76. The third kappa shape index (κ3) is 5.02. The van der Waals surface area contributed by atoms with Crippen LogP contribution in [-0.2, 0) is 11.3 Å². The summed E-state index contributed by atoms with van der Waals surface area (Å²) in [5, 5.41) is 5.75. The number of carbonyl (C=O) groups is 1. The number of ether oxygens (including phenoxy) is 4.